The monoisotopic (exact) mass is 467 g/mol. The van der Waals surface area contributed by atoms with Crippen LogP contribution in [0.3, 0.4) is 0 Å². The Labute approximate surface area is 186 Å². The smallest absolute Gasteiger partial charge is 0.272 e. The van der Waals surface area contributed by atoms with Gasteiger partial charge in [-0.25, -0.2) is 8.42 Å². The van der Waals surface area contributed by atoms with Crippen LogP contribution in [0.4, 0.5) is 0 Å². The molecule has 32 heavy (non-hydrogen) atoms. The SMILES string of the molecule is Cc1cc(C(=O)N[C@@H]2C[C@H](Cn3cc(CN4CCS(=O)(=O)CC4)nn3)[C@@H](O)[C@H]2O)nn1C. The predicted octanol–water partition coefficient (Wildman–Crippen LogP) is -1.91. The normalized spacial score (nSPS) is 28.1. The van der Waals surface area contributed by atoms with E-state index < -0.39 is 34.0 Å². The van der Waals surface area contributed by atoms with Gasteiger partial charge in [-0.05, 0) is 19.4 Å². The zero-order chi connectivity index (χ0) is 23.0. The minimum Gasteiger partial charge on any atom is -0.390 e. The van der Waals surface area contributed by atoms with Gasteiger partial charge >= 0.3 is 0 Å². The molecule has 0 unspecified atom stereocenters. The first-order valence-corrected chi connectivity index (χ1v) is 12.4. The summed E-state index contributed by atoms with van der Waals surface area (Å²) in [7, 11) is -1.19. The zero-order valence-corrected chi connectivity index (χ0v) is 18.9. The van der Waals surface area contributed by atoms with Crippen molar-refractivity contribution in [2.75, 3.05) is 24.6 Å². The molecule has 4 rings (SSSR count). The number of amides is 1. The number of carbonyl (C=O) groups is 1. The van der Waals surface area contributed by atoms with Gasteiger partial charge in [0.25, 0.3) is 5.91 Å². The van der Waals surface area contributed by atoms with Crippen LogP contribution in [-0.2, 0) is 30.0 Å². The number of nitrogens with one attached hydrogen (secondary N) is 1. The van der Waals surface area contributed by atoms with Crippen molar-refractivity contribution in [3.63, 3.8) is 0 Å². The van der Waals surface area contributed by atoms with E-state index in [2.05, 4.69) is 20.7 Å². The van der Waals surface area contributed by atoms with Crippen LogP contribution in [0.25, 0.3) is 0 Å². The molecular formula is C19H29N7O5S. The van der Waals surface area contributed by atoms with Crippen molar-refractivity contribution >= 4 is 15.7 Å². The molecule has 2 fully saturated rings. The minimum atomic E-state index is -2.93. The third kappa shape index (κ3) is 5.00. The molecule has 13 heteroatoms. The average molecular weight is 468 g/mol. The van der Waals surface area contributed by atoms with Gasteiger partial charge in [0.2, 0.25) is 0 Å². The number of sulfone groups is 1. The fraction of sp³-hybridized carbons (Fsp3) is 0.684. The van der Waals surface area contributed by atoms with E-state index in [1.54, 1.807) is 28.7 Å². The summed E-state index contributed by atoms with van der Waals surface area (Å²) in [5.41, 5.74) is 1.82. The third-order valence-corrected chi connectivity index (χ3v) is 7.90. The Balaban J connectivity index is 1.32. The Morgan fingerprint density at radius 1 is 1.25 bits per heavy atom. The molecule has 0 radical (unpaired) electrons. The predicted molar refractivity (Wildman–Crippen MR) is 113 cm³/mol. The van der Waals surface area contributed by atoms with Crippen LogP contribution in [-0.4, -0.2) is 97.1 Å². The summed E-state index contributed by atoms with van der Waals surface area (Å²) in [6.07, 6.45) is 0.0573. The average Bonchev–Trinajstić information content (AvgIpc) is 3.39. The van der Waals surface area contributed by atoms with E-state index in [1.807, 2.05) is 11.8 Å². The largest absolute Gasteiger partial charge is 0.390 e. The molecule has 3 N–H and O–H groups in total. The maximum atomic E-state index is 12.5. The quantitative estimate of drug-likeness (QED) is 0.441. The molecule has 176 valence electrons. The molecule has 4 atom stereocenters. The molecule has 0 aromatic carbocycles. The highest BCUT2D eigenvalue weighted by Crippen LogP contribution is 2.28. The highest BCUT2D eigenvalue weighted by Gasteiger charge is 2.42. The van der Waals surface area contributed by atoms with Gasteiger partial charge in [0.1, 0.15) is 11.8 Å². The lowest BCUT2D eigenvalue weighted by atomic mass is 10.1. The van der Waals surface area contributed by atoms with Gasteiger partial charge in [-0.1, -0.05) is 5.21 Å². The van der Waals surface area contributed by atoms with E-state index in [0.29, 0.717) is 38.3 Å². The molecule has 2 aliphatic rings. The fourth-order valence-electron chi connectivity index (χ4n) is 4.24. The molecular weight excluding hydrogens is 438 g/mol. The summed E-state index contributed by atoms with van der Waals surface area (Å²) in [5, 5.41) is 36.1. The van der Waals surface area contributed by atoms with E-state index in [0.717, 1.165) is 5.69 Å². The van der Waals surface area contributed by atoms with E-state index in [9.17, 15) is 23.4 Å². The molecule has 1 aliphatic heterocycles. The van der Waals surface area contributed by atoms with E-state index in [4.69, 9.17) is 0 Å². The minimum absolute atomic E-state index is 0.151. The number of nitrogens with zero attached hydrogens (tertiary/aromatic N) is 6. The standard InChI is InChI=1S/C19H29N7O5S/c1-12-7-16(22-24(12)2)19(29)20-15-8-13(17(27)18(15)28)9-26-11-14(21-23-26)10-25-3-5-32(30,31)6-4-25/h7,11,13,15,17-18,27-28H,3-6,8-10H2,1-2H3,(H,20,29)/t13-,15-,17-,18+/m1/s1. The number of rotatable bonds is 6. The van der Waals surface area contributed by atoms with Crippen LogP contribution in [0.2, 0.25) is 0 Å². The Bertz CT molecular complexity index is 1050. The lowest BCUT2D eigenvalue weighted by molar-refractivity contribution is 0.00759. The maximum absolute atomic E-state index is 12.5. The summed E-state index contributed by atoms with van der Waals surface area (Å²) in [6.45, 7) is 3.63. The highest BCUT2D eigenvalue weighted by atomic mass is 32.2. The number of aliphatic hydroxyl groups excluding tert-OH is 2. The van der Waals surface area contributed by atoms with Gasteiger partial charge < -0.3 is 15.5 Å². The summed E-state index contributed by atoms with van der Waals surface area (Å²) in [5.74, 6) is -0.399. The number of aromatic nitrogens is 5. The second-order valence-corrected chi connectivity index (χ2v) is 11.0. The van der Waals surface area contributed by atoms with Gasteiger partial charge in [0.05, 0.1) is 29.3 Å². The summed E-state index contributed by atoms with van der Waals surface area (Å²) >= 11 is 0. The van der Waals surface area contributed by atoms with E-state index in [1.165, 1.54) is 0 Å². The first kappa shape index (κ1) is 22.8. The van der Waals surface area contributed by atoms with E-state index in [-0.39, 0.29) is 23.1 Å². The Morgan fingerprint density at radius 3 is 2.62 bits per heavy atom. The molecule has 1 amide bonds. The van der Waals surface area contributed by atoms with Crippen molar-refractivity contribution in [3.8, 4) is 0 Å². The summed E-state index contributed by atoms with van der Waals surface area (Å²) in [6, 6.07) is 1.07. The van der Waals surface area contributed by atoms with Crippen LogP contribution in [0, 0.1) is 12.8 Å². The van der Waals surface area contributed by atoms with Crippen molar-refractivity contribution in [3.05, 3.63) is 29.3 Å². The van der Waals surface area contributed by atoms with Crippen molar-refractivity contribution in [1.82, 2.24) is 35.0 Å². The van der Waals surface area contributed by atoms with Crippen LogP contribution in [0.5, 0.6) is 0 Å². The number of carbonyl (C=O) groups excluding carboxylic acids is 1. The Morgan fingerprint density at radius 2 is 1.97 bits per heavy atom. The van der Waals surface area contributed by atoms with Gasteiger partial charge in [0.15, 0.2) is 9.84 Å². The number of hydrogen-bond donors (Lipinski definition) is 3. The van der Waals surface area contributed by atoms with Gasteiger partial charge in [-0.15, -0.1) is 5.10 Å². The van der Waals surface area contributed by atoms with Crippen molar-refractivity contribution in [2.45, 2.75) is 44.7 Å². The second kappa shape index (κ2) is 8.89. The van der Waals surface area contributed by atoms with Crippen molar-refractivity contribution in [2.24, 2.45) is 13.0 Å². The molecule has 0 spiro atoms. The summed E-state index contributed by atoms with van der Waals surface area (Å²) in [4.78, 5) is 14.5. The molecule has 0 bridgehead atoms. The fourth-order valence-corrected chi connectivity index (χ4v) is 5.52. The van der Waals surface area contributed by atoms with Gasteiger partial charge in [-0.3, -0.25) is 19.1 Å². The van der Waals surface area contributed by atoms with Crippen LogP contribution < -0.4 is 5.32 Å². The second-order valence-electron chi connectivity index (χ2n) is 8.71. The first-order chi connectivity index (χ1) is 15.1. The zero-order valence-electron chi connectivity index (χ0n) is 18.1. The lowest BCUT2D eigenvalue weighted by Gasteiger charge is -2.25. The number of hydrogen-bond acceptors (Lipinski definition) is 9. The molecule has 1 saturated carbocycles. The topological polar surface area (TPSA) is 155 Å². The molecule has 1 saturated heterocycles. The van der Waals surface area contributed by atoms with Crippen LogP contribution in [0.15, 0.2) is 12.3 Å². The van der Waals surface area contributed by atoms with Gasteiger partial charge in [-0.2, -0.15) is 5.10 Å². The van der Waals surface area contributed by atoms with Crippen LogP contribution in [0.1, 0.15) is 28.3 Å². The number of aliphatic hydroxyl groups is 2. The Hall–Kier alpha value is -2.35. The highest BCUT2D eigenvalue weighted by molar-refractivity contribution is 7.91. The van der Waals surface area contributed by atoms with Gasteiger partial charge in [0, 0.05) is 51.0 Å². The first-order valence-electron chi connectivity index (χ1n) is 10.6. The molecule has 1 aliphatic carbocycles. The molecule has 2 aromatic rings. The lowest BCUT2D eigenvalue weighted by Crippen LogP contribution is -2.43. The van der Waals surface area contributed by atoms with Crippen molar-refractivity contribution in [1.29, 1.82) is 0 Å². The number of aryl methyl sites for hydroxylation is 2. The maximum Gasteiger partial charge on any atom is 0.272 e. The Kier molecular flexibility index (Phi) is 6.34. The molecule has 12 nitrogen and oxygen atoms in total. The van der Waals surface area contributed by atoms with Crippen molar-refractivity contribution < 1.29 is 23.4 Å². The van der Waals surface area contributed by atoms with Crippen LogP contribution >= 0.6 is 0 Å². The molecule has 2 aromatic heterocycles. The molecule has 3 heterocycles. The summed E-state index contributed by atoms with van der Waals surface area (Å²) < 4.78 is 26.3. The third-order valence-electron chi connectivity index (χ3n) is 6.30. The van der Waals surface area contributed by atoms with E-state index >= 15 is 0 Å².